The van der Waals surface area contributed by atoms with Crippen LogP contribution < -0.4 is 5.32 Å². The number of alkyl carbamates (subject to hydrolysis) is 1. The first-order valence-corrected chi connectivity index (χ1v) is 5.67. The fourth-order valence-corrected chi connectivity index (χ4v) is 1.66. The average Bonchev–Trinajstić information content (AvgIpc) is 2.14. The molecule has 96 valence electrons. The molecule has 1 amide bonds. The van der Waals surface area contributed by atoms with Crippen molar-refractivity contribution in [2.45, 2.75) is 45.3 Å². The van der Waals surface area contributed by atoms with Crippen LogP contribution in [-0.2, 0) is 9.53 Å². The van der Waals surface area contributed by atoms with Crippen LogP contribution in [0.5, 0.6) is 0 Å². The molecule has 2 unspecified atom stereocenters. The number of carbonyl (C=O) groups is 2. The van der Waals surface area contributed by atoms with Crippen molar-refractivity contribution in [1.82, 2.24) is 5.32 Å². The molecule has 0 aromatic heterocycles. The Kier molecular flexibility index (Phi) is 4.15. The van der Waals surface area contributed by atoms with E-state index in [0.29, 0.717) is 12.8 Å². The average molecular weight is 241 g/mol. The van der Waals surface area contributed by atoms with Crippen LogP contribution in [0, 0.1) is 5.92 Å². The van der Waals surface area contributed by atoms with Crippen molar-refractivity contribution in [1.29, 1.82) is 0 Å². The summed E-state index contributed by atoms with van der Waals surface area (Å²) in [5, 5.41) is 11.5. The number of aliphatic carboxylic acids is 1. The van der Waals surface area contributed by atoms with E-state index in [1.54, 1.807) is 26.8 Å². The van der Waals surface area contributed by atoms with Crippen LogP contribution >= 0.6 is 0 Å². The lowest BCUT2D eigenvalue weighted by molar-refractivity contribution is -0.142. The first-order chi connectivity index (χ1) is 7.78. The summed E-state index contributed by atoms with van der Waals surface area (Å²) in [7, 11) is 0. The van der Waals surface area contributed by atoms with Crippen LogP contribution in [0.2, 0.25) is 0 Å². The Bertz CT molecular complexity index is 330. The first kappa shape index (κ1) is 13.5. The van der Waals surface area contributed by atoms with Gasteiger partial charge in [-0.1, -0.05) is 12.2 Å². The second kappa shape index (κ2) is 5.21. The zero-order chi connectivity index (χ0) is 13.1. The maximum Gasteiger partial charge on any atom is 0.408 e. The van der Waals surface area contributed by atoms with E-state index < -0.39 is 23.6 Å². The van der Waals surface area contributed by atoms with Gasteiger partial charge in [0.2, 0.25) is 0 Å². The van der Waals surface area contributed by atoms with Gasteiger partial charge in [-0.3, -0.25) is 4.79 Å². The number of carbonyl (C=O) groups excluding carboxylic acids is 1. The summed E-state index contributed by atoms with van der Waals surface area (Å²) >= 11 is 0. The van der Waals surface area contributed by atoms with E-state index in [1.807, 2.05) is 6.08 Å². The van der Waals surface area contributed by atoms with Gasteiger partial charge in [0.25, 0.3) is 0 Å². The molecule has 5 heteroatoms. The van der Waals surface area contributed by atoms with E-state index in [9.17, 15) is 9.59 Å². The van der Waals surface area contributed by atoms with E-state index in [4.69, 9.17) is 9.84 Å². The quantitative estimate of drug-likeness (QED) is 0.724. The predicted octanol–water partition coefficient (Wildman–Crippen LogP) is 1.93. The summed E-state index contributed by atoms with van der Waals surface area (Å²) in [6, 6.07) is -0.264. The Balaban J connectivity index is 2.47. The molecule has 0 radical (unpaired) electrons. The molecule has 0 fully saturated rings. The van der Waals surface area contributed by atoms with Crippen molar-refractivity contribution in [3.63, 3.8) is 0 Å². The van der Waals surface area contributed by atoms with Crippen molar-refractivity contribution < 1.29 is 19.4 Å². The maximum absolute atomic E-state index is 11.5. The van der Waals surface area contributed by atoms with Crippen molar-refractivity contribution in [2.75, 3.05) is 0 Å². The monoisotopic (exact) mass is 241 g/mol. The Hall–Kier alpha value is -1.52. The number of amides is 1. The third-order valence-electron chi connectivity index (χ3n) is 2.38. The first-order valence-electron chi connectivity index (χ1n) is 5.67. The minimum absolute atomic E-state index is 0.264. The van der Waals surface area contributed by atoms with E-state index in [1.165, 1.54) is 0 Å². The molecule has 0 aromatic carbocycles. The van der Waals surface area contributed by atoms with Crippen molar-refractivity contribution in [2.24, 2.45) is 5.92 Å². The summed E-state index contributed by atoms with van der Waals surface area (Å²) in [6.07, 6.45) is 4.00. The second-order valence-electron chi connectivity index (χ2n) is 5.19. The standard InChI is InChI=1S/C12H19NO4/c1-12(2,3)17-11(16)13-9-6-4-5-8(7-9)10(14)15/h4,6,8-9H,5,7H2,1-3H3,(H,13,16)(H,14,15). The minimum Gasteiger partial charge on any atom is -0.481 e. The highest BCUT2D eigenvalue weighted by atomic mass is 16.6. The summed E-state index contributed by atoms with van der Waals surface area (Å²) in [4.78, 5) is 22.3. The summed E-state index contributed by atoms with van der Waals surface area (Å²) in [5.41, 5.74) is -0.547. The topological polar surface area (TPSA) is 75.6 Å². The molecule has 5 nitrogen and oxygen atoms in total. The molecule has 1 aliphatic carbocycles. The highest BCUT2D eigenvalue weighted by Gasteiger charge is 2.26. The molecule has 0 saturated heterocycles. The van der Waals surface area contributed by atoms with Crippen molar-refractivity contribution >= 4 is 12.1 Å². The predicted molar refractivity (Wildman–Crippen MR) is 62.7 cm³/mol. The zero-order valence-corrected chi connectivity index (χ0v) is 10.4. The third-order valence-corrected chi connectivity index (χ3v) is 2.38. The number of rotatable bonds is 2. The van der Waals surface area contributed by atoms with Crippen LogP contribution in [0.3, 0.4) is 0 Å². The molecule has 0 heterocycles. The Morgan fingerprint density at radius 3 is 2.59 bits per heavy atom. The van der Waals surface area contributed by atoms with Gasteiger partial charge in [-0.05, 0) is 33.6 Å². The van der Waals surface area contributed by atoms with Gasteiger partial charge in [-0.25, -0.2) is 4.79 Å². The number of carboxylic acids is 1. The third kappa shape index (κ3) is 4.89. The summed E-state index contributed by atoms with van der Waals surface area (Å²) in [5.74, 6) is -1.26. The normalized spacial score (nSPS) is 24.2. The van der Waals surface area contributed by atoms with E-state index in [2.05, 4.69) is 5.32 Å². The molecule has 1 aliphatic rings. The fraction of sp³-hybridized carbons (Fsp3) is 0.667. The SMILES string of the molecule is CC(C)(C)OC(=O)NC1C=CCC(C(=O)O)C1. The lowest BCUT2D eigenvalue weighted by Gasteiger charge is -2.25. The van der Waals surface area contributed by atoms with Crippen LogP contribution in [0.25, 0.3) is 0 Å². The van der Waals surface area contributed by atoms with Gasteiger partial charge in [-0.15, -0.1) is 0 Å². The van der Waals surface area contributed by atoms with E-state index in [0.717, 1.165) is 0 Å². The molecule has 0 aromatic rings. The van der Waals surface area contributed by atoms with Crippen LogP contribution in [0.15, 0.2) is 12.2 Å². The van der Waals surface area contributed by atoms with Crippen LogP contribution in [0.4, 0.5) is 4.79 Å². The molecular weight excluding hydrogens is 222 g/mol. The van der Waals surface area contributed by atoms with Crippen molar-refractivity contribution in [3.05, 3.63) is 12.2 Å². The van der Waals surface area contributed by atoms with Gasteiger partial charge in [0.1, 0.15) is 5.60 Å². The number of carboxylic acid groups (broad SMARTS) is 1. The Labute approximate surface area is 101 Å². The van der Waals surface area contributed by atoms with Gasteiger partial charge in [0.15, 0.2) is 0 Å². The molecule has 0 aliphatic heterocycles. The van der Waals surface area contributed by atoms with Gasteiger partial charge >= 0.3 is 12.1 Å². The summed E-state index contributed by atoms with van der Waals surface area (Å²) in [6.45, 7) is 5.34. The van der Waals surface area contributed by atoms with Gasteiger partial charge < -0.3 is 15.2 Å². The molecule has 0 bridgehead atoms. The van der Waals surface area contributed by atoms with Gasteiger partial charge in [-0.2, -0.15) is 0 Å². The maximum atomic E-state index is 11.5. The highest BCUT2D eigenvalue weighted by molar-refractivity contribution is 5.71. The fourth-order valence-electron chi connectivity index (χ4n) is 1.66. The number of hydrogen-bond donors (Lipinski definition) is 2. The molecule has 0 saturated carbocycles. The van der Waals surface area contributed by atoms with Crippen molar-refractivity contribution in [3.8, 4) is 0 Å². The number of nitrogens with one attached hydrogen (secondary N) is 1. The van der Waals surface area contributed by atoms with Crippen LogP contribution in [0.1, 0.15) is 33.6 Å². The second-order valence-corrected chi connectivity index (χ2v) is 5.19. The summed E-state index contributed by atoms with van der Waals surface area (Å²) < 4.78 is 5.10. The van der Waals surface area contributed by atoms with Crippen LogP contribution in [-0.4, -0.2) is 28.8 Å². The molecular formula is C12H19NO4. The lowest BCUT2D eigenvalue weighted by atomic mass is 9.91. The largest absolute Gasteiger partial charge is 0.481 e. The smallest absolute Gasteiger partial charge is 0.408 e. The van der Waals surface area contributed by atoms with E-state index in [-0.39, 0.29) is 6.04 Å². The number of ether oxygens (including phenoxy) is 1. The highest BCUT2D eigenvalue weighted by Crippen LogP contribution is 2.19. The van der Waals surface area contributed by atoms with E-state index >= 15 is 0 Å². The van der Waals surface area contributed by atoms with Gasteiger partial charge in [0.05, 0.1) is 12.0 Å². The number of hydrogen-bond acceptors (Lipinski definition) is 3. The minimum atomic E-state index is -0.828. The number of allylic oxidation sites excluding steroid dienone is 1. The molecule has 17 heavy (non-hydrogen) atoms. The Morgan fingerprint density at radius 1 is 1.41 bits per heavy atom. The molecule has 1 rings (SSSR count). The molecule has 2 atom stereocenters. The zero-order valence-electron chi connectivity index (χ0n) is 10.4. The lowest BCUT2D eigenvalue weighted by Crippen LogP contribution is -2.40. The molecule has 0 spiro atoms. The van der Waals surface area contributed by atoms with Gasteiger partial charge in [0, 0.05) is 0 Å². The molecule has 2 N–H and O–H groups in total. The Morgan fingerprint density at radius 2 is 2.06 bits per heavy atom.